The monoisotopic (exact) mass is 370 g/mol. The average Bonchev–Trinajstić information content (AvgIpc) is 3.20. The molecule has 4 rings (SSSR count). The summed E-state index contributed by atoms with van der Waals surface area (Å²) in [6.45, 7) is 3.28. The number of anilines is 1. The standard InChI is InChI=1S/C21H26N2O4/c1-3-13-11-23-9-8-21(16-6-4-5-7-17(16)22-20(21)26)18(23)10-14(13)15(12-24)19(25)27-2/h3-7,14-15,18,24H,8-12H2,1-2H3,(H,22,26)/t14-,15-,18-,21-/m0/s1. The van der Waals surface area contributed by atoms with E-state index in [-0.39, 0.29) is 24.5 Å². The van der Waals surface area contributed by atoms with Crippen molar-refractivity contribution >= 4 is 17.6 Å². The number of aliphatic hydroxyl groups excluding tert-OH is 1. The average molecular weight is 370 g/mol. The topological polar surface area (TPSA) is 78.9 Å². The molecule has 0 radical (unpaired) electrons. The van der Waals surface area contributed by atoms with E-state index in [0.717, 1.165) is 36.3 Å². The third kappa shape index (κ3) is 2.54. The molecular formula is C21H26N2O4. The lowest BCUT2D eigenvalue weighted by Gasteiger charge is -2.43. The summed E-state index contributed by atoms with van der Waals surface area (Å²) in [4.78, 5) is 27.7. The fraction of sp³-hybridized carbons (Fsp3) is 0.524. The van der Waals surface area contributed by atoms with E-state index in [1.165, 1.54) is 7.11 Å². The van der Waals surface area contributed by atoms with E-state index in [1.807, 2.05) is 37.3 Å². The van der Waals surface area contributed by atoms with Crippen molar-refractivity contribution in [3.8, 4) is 0 Å². The predicted molar refractivity (Wildman–Crippen MR) is 101 cm³/mol. The van der Waals surface area contributed by atoms with Crippen LogP contribution in [-0.2, 0) is 19.7 Å². The summed E-state index contributed by atoms with van der Waals surface area (Å²) >= 11 is 0. The van der Waals surface area contributed by atoms with Crippen molar-refractivity contribution in [3.05, 3.63) is 41.5 Å². The van der Waals surface area contributed by atoms with Gasteiger partial charge in [0.15, 0.2) is 0 Å². The lowest BCUT2D eigenvalue weighted by Crippen LogP contribution is -2.53. The number of nitrogens with one attached hydrogen (secondary N) is 1. The second-order valence-corrected chi connectivity index (χ2v) is 7.73. The van der Waals surface area contributed by atoms with Crippen LogP contribution in [0.2, 0.25) is 0 Å². The smallest absolute Gasteiger partial charge is 0.311 e. The number of para-hydroxylation sites is 1. The van der Waals surface area contributed by atoms with Crippen LogP contribution in [0, 0.1) is 11.8 Å². The summed E-state index contributed by atoms with van der Waals surface area (Å²) in [6.07, 6.45) is 3.47. The van der Waals surface area contributed by atoms with E-state index in [1.54, 1.807) is 0 Å². The second-order valence-electron chi connectivity index (χ2n) is 7.73. The van der Waals surface area contributed by atoms with E-state index >= 15 is 0 Å². The van der Waals surface area contributed by atoms with Gasteiger partial charge in [-0.1, -0.05) is 29.8 Å². The minimum atomic E-state index is -0.597. The summed E-state index contributed by atoms with van der Waals surface area (Å²) in [7, 11) is 1.35. The van der Waals surface area contributed by atoms with E-state index in [2.05, 4.69) is 10.2 Å². The van der Waals surface area contributed by atoms with Gasteiger partial charge >= 0.3 is 5.97 Å². The number of aliphatic hydroxyl groups is 1. The Morgan fingerprint density at radius 2 is 2.26 bits per heavy atom. The molecule has 3 heterocycles. The lowest BCUT2D eigenvalue weighted by molar-refractivity contribution is -0.149. The van der Waals surface area contributed by atoms with Crippen LogP contribution < -0.4 is 5.32 Å². The Morgan fingerprint density at radius 3 is 2.96 bits per heavy atom. The molecule has 4 atom stereocenters. The van der Waals surface area contributed by atoms with Gasteiger partial charge in [-0.25, -0.2) is 0 Å². The molecule has 0 bridgehead atoms. The van der Waals surface area contributed by atoms with Crippen LogP contribution in [0.25, 0.3) is 0 Å². The molecule has 0 saturated carbocycles. The maximum absolute atomic E-state index is 13.1. The molecule has 0 aromatic heterocycles. The Morgan fingerprint density at radius 1 is 1.48 bits per heavy atom. The van der Waals surface area contributed by atoms with Crippen molar-refractivity contribution in [1.82, 2.24) is 4.90 Å². The molecule has 144 valence electrons. The van der Waals surface area contributed by atoms with Gasteiger partial charge in [0.2, 0.25) is 5.91 Å². The van der Waals surface area contributed by atoms with E-state index in [0.29, 0.717) is 6.42 Å². The van der Waals surface area contributed by atoms with Crippen LogP contribution in [0.1, 0.15) is 25.3 Å². The van der Waals surface area contributed by atoms with E-state index in [9.17, 15) is 14.7 Å². The van der Waals surface area contributed by atoms with Crippen LogP contribution >= 0.6 is 0 Å². The third-order valence-electron chi connectivity index (χ3n) is 6.76. The number of esters is 1. The van der Waals surface area contributed by atoms with Crippen molar-refractivity contribution in [2.75, 3.05) is 32.1 Å². The largest absolute Gasteiger partial charge is 0.469 e. The number of methoxy groups -OCH3 is 1. The number of piperidine rings is 1. The number of rotatable bonds is 3. The Hall–Kier alpha value is -2.18. The summed E-state index contributed by atoms with van der Waals surface area (Å²) in [5.74, 6) is -1.05. The minimum absolute atomic E-state index is 0.00792. The highest BCUT2D eigenvalue weighted by atomic mass is 16.5. The Bertz CT molecular complexity index is 805. The normalized spacial score (nSPS) is 32.3. The van der Waals surface area contributed by atoms with Crippen molar-refractivity contribution in [1.29, 1.82) is 0 Å². The molecule has 1 aromatic carbocycles. The number of nitrogens with zero attached hydrogens (tertiary/aromatic N) is 1. The van der Waals surface area contributed by atoms with Crippen LogP contribution in [0.4, 0.5) is 5.69 Å². The van der Waals surface area contributed by atoms with Crippen molar-refractivity contribution in [2.24, 2.45) is 11.8 Å². The van der Waals surface area contributed by atoms with Gasteiger partial charge in [0, 0.05) is 24.8 Å². The zero-order chi connectivity index (χ0) is 19.2. The molecule has 2 fully saturated rings. The molecule has 0 unspecified atom stereocenters. The number of carbonyl (C=O) groups excluding carboxylic acids is 2. The van der Waals surface area contributed by atoms with Crippen molar-refractivity contribution in [2.45, 2.75) is 31.2 Å². The fourth-order valence-corrected chi connectivity index (χ4v) is 5.40. The first-order valence-corrected chi connectivity index (χ1v) is 9.55. The molecule has 1 amide bonds. The highest BCUT2D eigenvalue weighted by Crippen LogP contribution is 2.52. The number of fused-ring (bicyclic) bond motifs is 4. The summed E-state index contributed by atoms with van der Waals surface area (Å²) in [5, 5.41) is 12.9. The zero-order valence-corrected chi connectivity index (χ0v) is 15.8. The SMILES string of the molecule is CC=C1CN2CC[C@@]3(C(=O)Nc4ccccc43)[C@@H]2C[C@@H]1[C@H](CO)C(=O)OC. The molecule has 27 heavy (non-hydrogen) atoms. The Kier molecular flexibility index (Phi) is 4.56. The van der Waals surface area contributed by atoms with E-state index < -0.39 is 17.3 Å². The fourth-order valence-electron chi connectivity index (χ4n) is 5.40. The molecule has 2 N–H and O–H groups in total. The highest BCUT2D eigenvalue weighted by molar-refractivity contribution is 6.07. The van der Waals surface area contributed by atoms with Gasteiger partial charge < -0.3 is 15.2 Å². The van der Waals surface area contributed by atoms with Crippen LogP contribution in [0.15, 0.2) is 35.9 Å². The molecule has 1 aromatic rings. The molecular weight excluding hydrogens is 344 g/mol. The van der Waals surface area contributed by atoms with Gasteiger partial charge in [0.1, 0.15) is 0 Å². The molecule has 1 spiro atoms. The summed E-state index contributed by atoms with van der Waals surface area (Å²) in [6, 6.07) is 7.92. The first-order chi connectivity index (χ1) is 13.1. The van der Waals surface area contributed by atoms with Crippen LogP contribution in [0.5, 0.6) is 0 Å². The second kappa shape index (κ2) is 6.77. The van der Waals surface area contributed by atoms with Gasteiger partial charge in [-0.15, -0.1) is 0 Å². The molecule has 2 saturated heterocycles. The maximum Gasteiger partial charge on any atom is 0.311 e. The third-order valence-corrected chi connectivity index (χ3v) is 6.76. The number of allylic oxidation sites excluding steroid dienone is 1. The highest BCUT2D eigenvalue weighted by Gasteiger charge is 2.59. The maximum atomic E-state index is 13.1. The Labute approximate surface area is 159 Å². The van der Waals surface area contributed by atoms with Gasteiger partial charge in [-0.05, 0) is 37.3 Å². The molecule has 6 heteroatoms. The summed E-state index contributed by atoms with van der Waals surface area (Å²) in [5.41, 5.74) is 2.51. The predicted octanol–water partition coefficient (Wildman–Crippen LogP) is 1.70. The Balaban J connectivity index is 1.74. The van der Waals surface area contributed by atoms with Crippen molar-refractivity contribution < 1.29 is 19.4 Å². The van der Waals surface area contributed by atoms with Crippen LogP contribution in [-0.4, -0.2) is 54.7 Å². The number of hydrogen-bond acceptors (Lipinski definition) is 5. The molecule has 0 aliphatic carbocycles. The van der Waals surface area contributed by atoms with Gasteiger partial charge in [-0.3, -0.25) is 14.5 Å². The van der Waals surface area contributed by atoms with Gasteiger partial charge in [-0.2, -0.15) is 0 Å². The first kappa shape index (κ1) is 18.2. The number of carbonyl (C=O) groups is 2. The number of amides is 1. The zero-order valence-electron chi connectivity index (χ0n) is 15.8. The number of benzene rings is 1. The van der Waals surface area contributed by atoms with Crippen LogP contribution in [0.3, 0.4) is 0 Å². The van der Waals surface area contributed by atoms with Gasteiger partial charge in [0.25, 0.3) is 0 Å². The summed E-state index contributed by atoms with van der Waals surface area (Å²) < 4.78 is 4.94. The lowest BCUT2D eigenvalue weighted by atomic mass is 9.68. The van der Waals surface area contributed by atoms with Gasteiger partial charge in [0.05, 0.1) is 25.0 Å². The first-order valence-electron chi connectivity index (χ1n) is 9.55. The number of ether oxygens (including phenoxy) is 1. The minimum Gasteiger partial charge on any atom is -0.469 e. The molecule has 3 aliphatic rings. The van der Waals surface area contributed by atoms with Crippen molar-refractivity contribution in [3.63, 3.8) is 0 Å². The number of hydrogen-bond donors (Lipinski definition) is 2. The van der Waals surface area contributed by atoms with E-state index in [4.69, 9.17) is 4.74 Å². The quantitative estimate of drug-likeness (QED) is 0.625. The molecule has 6 nitrogen and oxygen atoms in total. The molecule has 3 aliphatic heterocycles.